The number of aliphatic hydroxyl groups is 1. The Morgan fingerprint density at radius 2 is 2.13 bits per heavy atom. The van der Waals surface area contributed by atoms with Gasteiger partial charge in [-0.1, -0.05) is 6.92 Å². The van der Waals surface area contributed by atoms with Gasteiger partial charge in [0.1, 0.15) is 5.70 Å². The van der Waals surface area contributed by atoms with Crippen molar-refractivity contribution in [3.05, 3.63) is 21.7 Å². The van der Waals surface area contributed by atoms with E-state index < -0.39 is 24.0 Å². The molecule has 2 N–H and O–H groups in total. The summed E-state index contributed by atoms with van der Waals surface area (Å²) >= 11 is 2.86. The molecule has 162 valence electrons. The van der Waals surface area contributed by atoms with E-state index in [0.717, 1.165) is 5.13 Å². The second kappa shape index (κ2) is 7.86. The van der Waals surface area contributed by atoms with Crippen LogP contribution in [0.25, 0.3) is 0 Å². The van der Waals surface area contributed by atoms with Crippen LogP contribution < -0.4 is 4.90 Å². The normalized spacial score (nSPS) is 26.9. The summed E-state index contributed by atoms with van der Waals surface area (Å²) in [4.78, 5) is 44.4. The molecule has 0 aliphatic carbocycles. The number of β-lactam (4-membered cyclic amide) rings is 1. The van der Waals surface area contributed by atoms with Gasteiger partial charge in [0.2, 0.25) is 5.91 Å². The van der Waals surface area contributed by atoms with E-state index >= 15 is 0 Å². The number of rotatable bonds is 7. The first kappa shape index (κ1) is 21.1. The number of hydrogen-bond donors (Lipinski definition) is 2. The van der Waals surface area contributed by atoms with Gasteiger partial charge < -0.3 is 24.7 Å². The Bertz CT molecular complexity index is 923. The minimum Gasteiger partial charge on any atom is -0.477 e. The van der Waals surface area contributed by atoms with E-state index in [-0.39, 0.29) is 28.8 Å². The van der Waals surface area contributed by atoms with Crippen molar-refractivity contribution in [3.63, 3.8) is 0 Å². The van der Waals surface area contributed by atoms with E-state index in [0.29, 0.717) is 30.3 Å². The number of aliphatic carboxylic acids is 1. The smallest absolute Gasteiger partial charge is 0.357 e. The Morgan fingerprint density at radius 3 is 2.73 bits per heavy atom. The Balaban J connectivity index is 1.43. The van der Waals surface area contributed by atoms with E-state index in [1.54, 1.807) is 19.2 Å². The van der Waals surface area contributed by atoms with Crippen LogP contribution in [0.5, 0.6) is 0 Å². The van der Waals surface area contributed by atoms with E-state index in [1.165, 1.54) is 28.0 Å². The second-order valence-corrected chi connectivity index (χ2v) is 9.83. The van der Waals surface area contributed by atoms with Crippen molar-refractivity contribution < 1.29 is 29.3 Å². The summed E-state index contributed by atoms with van der Waals surface area (Å²) in [7, 11) is 0. The number of amides is 1. The molecule has 0 saturated carbocycles. The lowest BCUT2D eigenvalue weighted by Gasteiger charge is -2.46. The molecule has 4 atom stereocenters. The predicted octanol–water partition coefficient (Wildman–Crippen LogP) is 1.40. The highest BCUT2D eigenvalue weighted by Crippen LogP contribution is 2.52. The number of fused-ring (bicyclic) bond motifs is 1. The predicted molar refractivity (Wildman–Crippen MR) is 111 cm³/mol. The fraction of sp³-hybridized carbons (Fsp3) is 0.579. The van der Waals surface area contributed by atoms with Crippen molar-refractivity contribution >= 4 is 46.1 Å². The van der Waals surface area contributed by atoms with Gasteiger partial charge in [-0.25, -0.2) is 14.6 Å². The Hall–Kier alpha value is -2.11. The highest BCUT2D eigenvalue weighted by Gasteiger charge is 2.60. The Kier molecular flexibility index (Phi) is 5.54. The minimum atomic E-state index is -1.11. The number of hydrogen-bond acceptors (Lipinski definition) is 9. The molecule has 0 bridgehead atoms. The third-order valence-corrected chi connectivity index (χ3v) is 8.05. The van der Waals surface area contributed by atoms with Gasteiger partial charge in [-0.3, -0.25) is 4.79 Å². The molecule has 11 heteroatoms. The van der Waals surface area contributed by atoms with Crippen molar-refractivity contribution in [1.29, 1.82) is 0 Å². The molecule has 30 heavy (non-hydrogen) atoms. The summed E-state index contributed by atoms with van der Waals surface area (Å²) in [6.07, 6.45) is -0.807. The summed E-state index contributed by atoms with van der Waals surface area (Å²) in [6, 6.07) is -0.298. The van der Waals surface area contributed by atoms with Crippen LogP contribution in [0.15, 0.2) is 16.0 Å². The molecule has 0 radical (unpaired) electrons. The number of aromatic nitrogens is 1. The minimum absolute atomic E-state index is 0.0525. The summed E-state index contributed by atoms with van der Waals surface area (Å²) < 4.78 is 4.96. The molecule has 9 nitrogen and oxygen atoms in total. The molecule has 4 rings (SSSR count). The van der Waals surface area contributed by atoms with Crippen molar-refractivity contribution in [2.75, 3.05) is 24.6 Å². The Labute approximate surface area is 181 Å². The van der Waals surface area contributed by atoms with Crippen molar-refractivity contribution in [2.24, 2.45) is 11.8 Å². The van der Waals surface area contributed by atoms with E-state index in [4.69, 9.17) is 4.74 Å². The lowest BCUT2D eigenvalue weighted by Crippen LogP contribution is -2.63. The van der Waals surface area contributed by atoms with Crippen LogP contribution >= 0.6 is 23.1 Å². The first-order chi connectivity index (χ1) is 14.2. The zero-order chi connectivity index (χ0) is 21.7. The fourth-order valence-corrected chi connectivity index (χ4v) is 6.57. The summed E-state index contributed by atoms with van der Waals surface area (Å²) in [6.45, 7) is 6.86. The van der Waals surface area contributed by atoms with Gasteiger partial charge in [0.15, 0.2) is 10.8 Å². The topological polar surface area (TPSA) is 120 Å². The van der Waals surface area contributed by atoms with Gasteiger partial charge in [-0.15, -0.1) is 23.1 Å². The van der Waals surface area contributed by atoms with Gasteiger partial charge in [-0.2, -0.15) is 0 Å². The lowest BCUT2D eigenvalue weighted by atomic mass is 9.79. The zero-order valence-corrected chi connectivity index (χ0v) is 18.4. The maximum absolute atomic E-state index is 12.4. The molecule has 1 aromatic rings. The number of carbonyl (C=O) groups is 3. The standard InChI is InChI=1S/C19H23N3O6S2/c1-4-28-18(27)11-7-29-19(20-11)21-5-10(6-21)30-15-8(2)13-12(9(3)23)16(24)22(13)14(15)17(25)26/h7-10,12-13,23H,4-6H2,1-3H3,(H,25,26)/t8-,9-,12-,13-/m1/s1. The molecule has 3 aliphatic heterocycles. The van der Waals surface area contributed by atoms with Crippen LogP contribution in [0.3, 0.4) is 0 Å². The Morgan fingerprint density at radius 1 is 1.43 bits per heavy atom. The SMILES string of the molecule is CCOC(=O)c1csc(N2CC(SC3=C(C(=O)O)N4C(=O)[C@H]([C@@H](C)O)[C@H]4[C@H]3C)C2)n1. The van der Waals surface area contributed by atoms with Crippen LogP contribution in [-0.2, 0) is 14.3 Å². The molecular weight excluding hydrogens is 430 g/mol. The van der Waals surface area contributed by atoms with Crippen LogP contribution in [0.2, 0.25) is 0 Å². The number of anilines is 1. The first-order valence-electron chi connectivity index (χ1n) is 9.77. The zero-order valence-electron chi connectivity index (χ0n) is 16.8. The maximum atomic E-state index is 12.4. The molecule has 2 saturated heterocycles. The van der Waals surface area contributed by atoms with Crippen molar-refractivity contribution in [1.82, 2.24) is 9.88 Å². The molecule has 1 amide bonds. The number of thiazole rings is 1. The quantitative estimate of drug-likeness (QED) is 0.466. The van der Waals surface area contributed by atoms with Crippen LogP contribution in [0, 0.1) is 11.8 Å². The van der Waals surface area contributed by atoms with Crippen molar-refractivity contribution in [3.8, 4) is 0 Å². The number of thioether (sulfide) groups is 1. The lowest BCUT2D eigenvalue weighted by molar-refractivity contribution is -0.163. The summed E-state index contributed by atoms with van der Waals surface area (Å²) in [5, 5.41) is 22.2. The third-order valence-electron chi connectivity index (χ3n) is 5.70. The number of ether oxygens (including phenoxy) is 1. The largest absolute Gasteiger partial charge is 0.477 e. The first-order valence-corrected chi connectivity index (χ1v) is 11.5. The van der Waals surface area contributed by atoms with Gasteiger partial charge >= 0.3 is 11.9 Å². The number of carboxylic acids is 1. The molecular formula is C19H23N3O6S2. The monoisotopic (exact) mass is 453 g/mol. The number of carboxylic acid groups (broad SMARTS) is 1. The van der Waals surface area contributed by atoms with E-state index in [2.05, 4.69) is 4.98 Å². The molecule has 3 aliphatic rings. The molecule has 0 spiro atoms. The van der Waals surface area contributed by atoms with Crippen LogP contribution in [0.4, 0.5) is 5.13 Å². The summed E-state index contributed by atoms with van der Waals surface area (Å²) in [5.74, 6) is -2.56. The highest BCUT2D eigenvalue weighted by molar-refractivity contribution is 8.03. The van der Waals surface area contributed by atoms with Gasteiger partial charge in [-0.05, 0) is 13.8 Å². The average molecular weight is 454 g/mol. The number of carbonyl (C=O) groups excluding carboxylic acids is 2. The molecule has 0 unspecified atom stereocenters. The van der Waals surface area contributed by atoms with Crippen LogP contribution in [-0.4, -0.2) is 75.0 Å². The second-order valence-electron chi connectivity index (χ2n) is 7.65. The highest BCUT2D eigenvalue weighted by atomic mass is 32.2. The molecule has 0 aromatic carbocycles. The number of esters is 1. The van der Waals surface area contributed by atoms with E-state index in [1.807, 2.05) is 11.8 Å². The molecule has 4 heterocycles. The van der Waals surface area contributed by atoms with Crippen LogP contribution in [0.1, 0.15) is 31.3 Å². The number of aliphatic hydroxyl groups excluding tert-OH is 1. The fourth-order valence-electron chi connectivity index (χ4n) is 4.24. The molecule has 2 fully saturated rings. The third kappa shape index (κ3) is 3.28. The van der Waals surface area contributed by atoms with Gasteiger partial charge in [0, 0.05) is 34.5 Å². The average Bonchev–Trinajstić information content (AvgIpc) is 3.20. The van der Waals surface area contributed by atoms with E-state index in [9.17, 15) is 24.6 Å². The van der Waals surface area contributed by atoms with Crippen molar-refractivity contribution in [2.45, 2.75) is 38.2 Å². The maximum Gasteiger partial charge on any atom is 0.357 e. The van der Waals surface area contributed by atoms with Gasteiger partial charge in [0.25, 0.3) is 0 Å². The molecule has 1 aromatic heterocycles. The van der Waals surface area contributed by atoms with Gasteiger partial charge in [0.05, 0.1) is 24.7 Å². The summed E-state index contributed by atoms with van der Waals surface area (Å²) in [5.41, 5.74) is 0.344. The number of nitrogens with zero attached hydrogens (tertiary/aromatic N) is 3.